The lowest BCUT2D eigenvalue weighted by molar-refractivity contribution is -0.140. The molecule has 3 heterocycles. The summed E-state index contributed by atoms with van der Waals surface area (Å²) in [5.74, 6) is 1.71. The number of piperidine rings is 3. The standard InChI is InChI=1S/C26H39Cl3N3O4P/c1-35-25(33)8-2-7-24-23-6-4-16-30-15-3-5-20(26(23)30)19-32(24)37(34,31(17-13-27)18-14-28)36-22-11-9-21(29)10-12-22/h9-12,20,23-24,26H,2-8,13-19H2,1H3/t20-,23-,24?,26+,37?/m1/s1. The van der Waals surface area contributed by atoms with Crippen molar-refractivity contribution in [1.29, 1.82) is 0 Å². The van der Waals surface area contributed by atoms with E-state index in [-0.39, 0.29) is 12.0 Å². The lowest BCUT2D eigenvalue weighted by Crippen LogP contribution is -2.64. The molecule has 0 radical (unpaired) electrons. The number of nitrogens with zero attached hydrogens (tertiary/aromatic N) is 3. The highest BCUT2D eigenvalue weighted by molar-refractivity contribution is 7.54. The van der Waals surface area contributed by atoms with Gasteiger partial charge in [-0.25, -0.2) is 13.9 Å². The van der Waals surface area contributed by atoms with Gasteiger partial charge in [-0.05, 0) is 87.7 Å². The second-order valence-electron chi connectivity index (χ2n) is 10.3. The molecule has 1 aromatic rings. The van der Waals surface area contributed by atoms with E-state index in [1.807, 2.05) is 4.67 Å². The third-order valence-corrected chi connectivity index (χ3v) is 11.4. The fourth-order valence-electron chi connectivity index (χ4n) is 6.65. The van der Waals surface area contributed by atoms with Crippen LogP contribution in [0.5, 0.6) is 5.75 Å². The normalized spacial score (nSPS) is 27.9. The van der Waals surface area contributed by atoms with Crippen molar-refractivity contribution in [3.05, 3.63) is 29.3 Å². The van der Waals surface area contributed by atoms with Gasteiger partial charge in [-0.2, -0.15) is 0 Å². The van der Waals surface area contributed by atoms with Crippen LogP contribution in [0, 0.1) is 11.8 Å². The van der Waals surface area contributed by atoms with Crippen LogP contribution in [0.15, 0.2) is 24.3 Å². The first kappa shape index (κ1) is 29.5. The Kier molecular flexibility index (Phi) is 10.9. The quantitative estimate of drug-likeness (QED) is 0.164. The maximum atomic E-state index is 15.3. The van der Waals surface area contributed by atoms with Gasteiger partial charge in [0.15, 0.2) is 0 Å². The second kappa shape index (κ2) is 13.7. The molecular formula is C26H39Cl3N3O4P. The molecule has 7 nitrogen and oxygen atoms in total. The van der Waals surface area contributed by atoms with Crippen LogP contribution in [-0.4, -0.2) is 83.9 Å². The van der Waals surface area contributed by atoms with Crippen LogP contribution in [0.1, 0.15) is 44.9 Å². The number of hydrogen-bond acceptors (Lipinski definition) is 5. The number of benzene rings is 1. The lowest BCUT2D eigenvalue weighted by Gasteiger charge is -2.58. The van der Waals surface area contributed by atoms with Gasteiger partial charge in [-0.1, -0.05) is 11.6 Å². The van der Waals surface area contributed by atoms with Crippen molar-refractivity contribution in [2.75, 3.05) is 51.6 Å². The van der Waals surface area contributed by atoms with Crippen LogP contribution in [-0.2, 0) is 14.1 Å². The van der Waals surface area contributed by atoms with Crippen LogP contribution < -0.4 is 4.52 Å². The van der Waals surface area contributed by atoms with Crippen molar-refractivity contribution in [3.8, 4) is 5.75 Å². The fourth-order valence-corrected chi connectivity index (χ4v) is 10.1. The Morgan fingerprint density at radius 2 is 1.78 bits per heavy atom. The lowest BCUT2D eigenvalue weighted by atomic mass is 9.70. The minimum Gasteiger partial charge on any atom is -0.469 e. The molecule has 37 heavy (non-hydrogen) atoms. The largest absolute Gasteiger partial charge is 0.469 e. The smallest absolute Gasteiger partial charge is 0.396 e. The van der Waals surface area contributed by atoms with Gasteiger partial charge in [0.25, 0.3) is 0 Å². The van der Waals surface area contributed by atoms with Gasteiger partial charge in [0.05, 0.1) is 7.11 Å². The summed E-state index contributed by atoms with van der Waals surface area (Å²) >= 11 is 18.5. The van der Waals surface area contributed by atoms with E-state index < -0.39 is 7.67 Å². The van der Waals surface area contributed by atoms with Gasteiger partial charge in [0.1, 0.15) is 5.75 Å². The number of carbonyl (C=O) groups excluding carboxylic acids is 1. The number of alkyl halides is 2. The molecule has 0 bridgehead atoms. The van der Waals surface area contributed by atoms with E-state index in [2.05, 4.69) is 9.57 Å². The molecular weight excluding hydrogens is 556 g/mol. The minimum absolute atomic E-state index is 0.0121. The maximum absolute atomic E-state index is 15.3. The number of carbonyl (C=O) groups is 1. The Bertz CT molecular complexity index is 932. The summed E-state index contributed by atoms with van der Waals surface area (Å²) in [6.45, 7) is 3.75. The third kappa shape index (κ3) is 6.80. The summed E-state index contributed by atoms with van der Waals surface area (Å²) in [5, 5.41) is 0.589. The van der Waals surface area contributed by atoms with Gasteiger partial charge in [0, 0.05) is 54.9 Å². The molecule has 5 atom stereocenters. The van der Waals surface area contributed by atoms with Gasteiger partial charge >= 0.3 is 13.6 Å². The summed E-state index contributed by atoms with van der Waals surface area (Å²) in [7, 11) is -2.17. The Morgan fingerprint density at radius 1 is 1.11 bits per heavy atom. The first-order chi connectivity index (χ1) is 17.9. The molecule has 0 spiro atoms. The van der Waals surface area contributed by atoms with E-state index in [9.17, 15) is 4.79 Å². The number of halogens is 3. The van der Waals surface area contributed by atoms with E-state index in [0.29, 0.717) is 72.9 Å². The molecule has 0 amide bonds. The zero-order chi connectivity index (χ0) is 26.4. The predicted octanol–water partition coefficient (Wildman–Crippen LogP) is 6.12. The average Bonchev–Trinajstić information content (AvgIpc) is 2.91. The molecule has 3 aliphatic rings. The van der Waals surface area contributed by atoms with Crippen molar-refractivity contribution in [2.45, 2.75) is 57.0 Å². The number of esters is 1. The van der Waals surface area contributed by atoms with Gasteiger partial charge in [-0.15, -0.1) is 23.2 Å². The van der Waals surface area contributed by atoms with Gasteiger partial charge in [-0.3, -0.25) is 9.69 Å². The van der Waals surface area contributed by atoms with Crippen LogP contribution in [0.4, 0.5) is 0 Å². The Labute approximate surface area is 236 Å². The number of ether oxygens (including phenoxy) is 1. The molecule has 11 heteroatoms. The first-order valence-electron chi connectivity index (χ1n) is 13.4. The van der Waals surface area contributed by atoms with Crippen molar-refractivity contribution < 1.29 is 18.6 Å². The van der Waals surface area contributed by atoms with Crippen molar-refractivity contribution in [3.63, 3.8) is 0 Å². The Hall–Kier alpha value is -0.530. The van der Waals surface area contributed by atoms with Gasteiger partial charge in [0.2, 0.25) is 0 Å². The van der Waals surface area contributed by atoms with E-state index >= 15 is 4.57 Å². The maximum Gasteiger partial charge on any atom is 0.396 e. The monoisotopic (exact) mass is 593 g/mol. The number of hydrogen-bond donors (Lipinski definition) is 0. The molecule has 0 aliphatic carbocycles. The third-order valence-electron chi connectivity index (χ3n) is 8.16. The molecule has 3 aliphatic heterocycles. The van der Waals surface area contributed by atoms with Crippen molar-refractivity contribution in [2.24, 2.45) is 11.8 Å². The molecule has 1 aromatic carbocycles. The molecule has 208 valence electrons. The average molecular weight is 595 g/mol. The number of methoxy groups -OCH3 is 1. The molecule has 3 saturated heterocycles. The summed E-state index contributed by atoms with van der Waals surface area (Å²) in [6, 6.07) is 7.51. The topological polar surface area (TPSA) is 62.3 Å². The SMILES string of the molecule is COC(=O)CCCC1[C@H]2CCCN3CCC[C@H](CN1P(=O)(Oc1ccc(Cl)cc1)N(CCCl)CCCl)[C@@H]23. The fraction of sp³-hybridized carbons (Fsp3) is 0.731. The second-order valence-corrected chi connectivity index (χ2v) is 13.7. The first-order valence-corrected chi connectivity index (χ1v) is 16.4. The molecule has 0 aromatic heterocycles. The highest BCUT2D eigenvalue weighted by Crippen LogP contribution is 2.60. The Morgan fingerprint density at radius 3 is 2.43 bits per heavy atom. The molecule has 0 N–H and O–H groups in total. The van der Waals surface area contributed by atoms with E-state index in [1.54, 1.807) is 24.3 Å². The van der Waals surface area contributed by atoms with Gasteiger partial charge < -0.3 is 9.26 Å². The summed E-state index contributed by atoms with van der Waals surface area (Å²) in [5.41, 5.74) is 0. The molecule has 4 rings (SSSR count). The highest BCUT2D eigenvalue weighted by atomic mass is 35.5. The predicted molar refractivity (Wildman–Crippen MR) is 150 cm³/mol. The molecule has 3 fully saturated rings. The summed E-state index contributed by atoms with van der Waals surface area (Å²) in [4.78, 5) is 14.6. The summed E-state index contributed by atoms with van der Waals surface area (Å²) in [6.07, 6.45) is 6.27. The van der Waals surface area contributed by atoms with E-state index in [0.717, 1.165) is 45.2 Å². The van der Waals surface area contributed by atoms with Crippen LogP contribution in [0.25, 0.3) is 0 Å². The van der Waals surface area contributed by atoms with E-state index in [1.165, 1.54) is 7.11 Å². The van der Waals surface area contributed by atoms with Crippen LogP contribution in [0.2, 0.25) is 5.02 Å². The van der Waals surface area contributed by atoms with Crippen LogP contribution in [0.3, 0.4) is 0 Å². The Balaban J connectivity index is 1.72. The highest BCUT2D eigenvalue weighted by Gasteiger charge is 2.55. The summed E-state index contributed by atoms with van der Waals surface area (Å²) < 4.78 is 30.7. The van der Waals surface area contributed by atoms with Crippen molar-refractivity contribution >= 4 is 48.4 Å². The van der Waals surface area contributed by atoms with E-state index in [4.69, 9.17) is 44.1 Å². The minimum atomic E-state index is -3.59. The van der Waals surface area contributed by atoms with Crippen molar-refractivity contribution in [1.82, 2.24) is 14.2 Å². The molecule has 2 unspecified atom stereocenters. The zero-order valence-corrected chi connectivity index (χ0v) is 24.7. The molecule has 0 saturated carbocycles. The number of rotatable bonds is 12. The van der Waals surface area contributed by atoms with Crippen LogP contribution >= 0.6 is 42.5 Å². The zero-order valence-electron chi connectivity index (χ0n) is 21.6.